The molecule has 1 aliphatic rings. The number of nitrogens with zero attached hydrogens (tertiary/aromatic N) is 1. The molecular formula is C13H12N2. The molecule has 0 aliphatic carbocycles. The molecule has 1 fully saturated rings. The number of nitrogens with one attached hydrogen (secondary N) is 1. The number of benzene rings is 1. The molecule has 2 aromatic rings. The van der Waals surface area contributed by atoms with Crippen LogP contribution in [0.4, 0.5) is 0 Å². The van der Waals surface area contributed by atoms with Crippen LogP contribution < -0.4 is 5.32 Å². The van der Waals surface area contributed by atoms with Gasteiger partial charge >= 0.3 is 0 Å². The zero-order valence-corrected chi connectivity index (χ0v) is 8.35. The van der Waals surface area contributed by atoms with E-state index in [4.69, 9.17) is 0 Å². The fourth-order valence-electron chi connectivity index (χ4n) is 1.74. The first kappa shape index (κ1) is 8.62. The minimum atomic E-state index is 0.591. The van der Waals surface area contributed by atoms with E-state index >= 15 is 0 Å². The van der Waals surface area contributed by atoms with Gasteiger partial charge in [-0.05, 0) is 22.8 Å². The summed E-state index contributed by atoms with van der Waals surface area (Å²) >= 11 is 0. The van der Waals surface area contributed by atoms with Crippen LogP contribution in [0.15, 0.2) is 48.8 Å². The minimum Gasteiger partial charge on any atom is -0.307 e. The van der Waals surface area contributed by atoms with Crippen LogP contribution in [0.5, 0.6) is 0 Å². The van der Waals surface area contributed by atoms with Crippen molar-refractivity contribution in [3.63, 3.8) is 0 Å². The van der Waals surface area contributed by atoms with Gasteiger partial charge in [0.1, 0.15) is 0 Å². The average molecular weight is 196 g/mol. The van der Waals surface area contributed by atoms with Crippen molar-refractivity contribution in [3.8, 4) is 11.1 Å². The Morgan fingerprint density at radius 3 is 2.47 bits per heavy atom. The maximum Gasteiger partial charge on any atom is 0.0447 e. The number of hydrogen-bond acceptors (Lipinski definition) is 2. The van der Waals surface area contributed by atoms with Gasteiger partial charge in [0, 0.05) is 25.0 Å². The molecule has 1 aromatic carbocycles. The van der Waals surface area contributed by atoms with E-state index < -0.39 is 0 Å². The normalized spacial score (nSPS) is 18.8. The van der Waals surface area contributed by atoms with Crippen LogP contribution in [0.1, 0.15) is 11.6 Å². The van der Waals surface area contributed by atoms with Crippen LogP contribution in [-0.4, -0.2) is 11.5 Å². The van der Waals surface area contributed by atoms with Gasteiger partial charge < -0.3 is 5.32 Å². The van der Waals surface area contributed by atoms with Gasteiger partial charge in [0.25, 0.3) is 0 Å². The second kappa shape index (κ2) is 3.48. The number of aromatic nitrogens is 1. The summed E-state index contributed by atoms with van der Waals surface area (Å²) in [7, 11) is 0. The Bertz CT molecular complexity index is 444. The highest BCUT2D eigenvalue weighted by Gasteiger charge is 2.21. The Morgan fingerprint density at radius 2 is 1.87 bits per heavy atom. The van der Waals surface area contributed by atoms with Crippen molar-refractivity contribution >= 4 is 0 Å². The number of pyridine rings is 1. The molecule has 1 aromatic heterocycles. The molecule has 74 valence electrons. The summed E-state index contributed by atoms with van der Waals surface area (Å²) in [5, 5.41) is 3.30. The summed E-state index contributed by atoms with van der Waals surface area (Å²) < 4.78 is 0. The summed E-state index contributed by atoms with van der Waals surface area (Å²) in [4.78, 5) is 4.12. The van der Waals surface area contributed by atoms with E-state index in [1.54, 1.807) is 6.20 Å². The first-order valence-electron chi connectivity index (χ1n) is 5.17. The summed E-state index contributed by atoms with van der Waals surface area (Å²) in [5.74, 6) is 0. The summed E-state index contributed by atoms with van der Waals surface area (Å²) in [6.45, 7) is 1.12. The lowest BCUT2D eigenvalue weighted by atomic mass is 10.0. The Labute approximate surface area is 89.0 Å². The number of hydrogen-bond donors (Lipinski definition) is 1. The summed E-state index contributed by atoms with van der Waals surface area (Å²) in [6.07, 6.45) is 3.69. The predicted octanol–water partition coefficient (Wildman–Crippen LogP) is 2.39. The van der Waals surface area contributed by atoms with Gasteiger partial charge in [-0.15, -0.1) is 0 Å². The Kier molecular flexibility index (Phi) is 2.00. The van der Waals surface area contributed by atoms with Crippen LogP contribution in [0.25, 0.3) is 11.1 Å². The van der Waals surface area contributed by atoms with E-state index in [1.807, 2.05) is 12.3 Å². The predicted molar refractivity (Wildman–Crippen MR) is 60.4 cm³/mol. The fourth-order valence-corrected chi connectivity index (χ4v) is 1.74. The molecule has 2 heteroatoms. The molecule has 0 bridgehead atoms. The molecule has 0 spiro atoms. The lowest BCUT2D eigenvalue weighted by Gasteiger charge is -2.02. The SMILES string of the molecule is c1cncc(-c2ccc([C@H]3CN3)cc2)c1. The molecule has 2 heterocycles. The van der Waals surface area contributed by atoms with Crippen LogP contribution in [0, 0.1) is 0 Å². The topological polar surface area (TPSA) is 34.8 Å². The van der Waals surface area contributed by atoms with Crippen molar-refractivity contribution in [2.75, 3.05) is 6.54 Å². The standard InChI is InChI=1S/C13H12N2/c1-2-12(8-14-7-1)10-3-5-11(6-4-10)13-9-15-13/h1-8,13,15H,9H2/t13-/m1/s1. The van der Waals surface area contributed by atoms with Gasteiger partial charge in [-0.25, -0.2) is 0 Å². The third-order valence-corrected chi connectivity index (χ3v) is 2.72. The molecule has 1 saturated heterocycles. The van der Waals surface area contributed by atoms with Crippen molar-refractivity contribution in [1.29, 1.82) is 0 Å². The van der Waals surface area contributed by atoms with Gasteiger partial charge in [-0.2, -0.15) is 0 Å². The van der Waals surface area contributed by atoms with E-state index in [1.165, 1.54) is 16.7 Å². The van der Waals surface area contributed by atoms with Gasteiger partial charge in [-0.3, -0.25) is 4.98 Å². The van der Waals surface area contributed by atoms with E-state index in [-0.39, 0.29) is 0 Å². The van der Waals surface area contributed by atoms with Gasteiger partial charge in [0.15, 0.2) is 0 Å². The number of rotatable bonds is 2. The third kappa shape index (κ3) is 1.76. The first-order chi connectivity index (χ1) is 7.43. The molecule has 0 saturated carbocycles. The van der Waals surface area contributed by atoms with E-state index in [0.717, 1.165) is 6.54 Å². The molecule has 1 N–H and O–H groups in total. The highest BCUT2D eigenvalue weighted by molar-refractivity contribution is 5.62. The van der Waals surface area contributed by atoms with Crippen LogP contribution in [-0.2, 0) is 0 Å². The quantitative estimate of drug-likeness (QED) is 0.748. The molecule has 0 amide bonds. The van der Waals surface area contributed by atoms with Crippen LogP contribution in [0.3, 0.4) is 0 Å². The first-order valence-corrected chi connectivity index (χ1v) is 5.17. The van der Waals surface area contributed by atoms with Crippen molar-refractivity contribution in [3.05, 3.63) is 54.4 Å². The third-order valence-electron chi connectivity index (χ3n) is 2.72. The van der Waals surface area contributed by atoms with Gasteiger partial charge in [0.05, 0.1) is 0 Å². The zero-order valence-electron chi connectivity index (χ0n) is 8.35. The van der Waals surface area contributed by atoms with Gasteiger partial charge in [-0.1, -0.05) is 30.3 Å². The maximum atomic E-state index is 4.12. The van der Waals surface area contributed by atoms with Crippen LogP contribution in [0.2, 0.25) is 0 Å². The highest BCUT2D eigenvalue weighted by atomic mass is 15.1. The molecule has 3 rings (SSSR count). The van der Waals surface area contributed by atoms with Gasteiger partial charge in [0.2, 0.25) is 0 Å². The van der Waals surface area contributed by atoms with Crippen molar-refractivity contribution in [1.82, 2.24) is 10.3 Å². The van der Waals surface area contributed by atoms with Crippen molar-refractivity contribution < 1.29 is 0 Å². The average Bonchev–Trinajstić information content (AvgIpc) is 3.15. The lowest BCUT2D eigenvalue weighted by Crippen LogP contribution is -1.84. The summed E-state index contributed by atoms with van der Waals surface area (Å²) in [5.41, 5.74) is 3.78. The van der Waals surface area contributed by atoms with E-state index in [0.29, 0.717) is 6.04 Å². The second-order valence-electron chi connectivity index (χ2n) is 3.82. The minimum absolute atomic E-state index is 0.591. The van der Waals surface area contributed by atoms with Crippen LogP contribution >= 0.6 is 0 Å². The molecular weight excluding hydrogens is 184 g/mol. The highest BCUT2D eigenvalue weighted by Crippen LogP contribution is 2.24. The van der Waals surface area contributed by atoms with E-state index in [2.05, 4.69) is 40.6 Å². The van der Waals surface area contributed by atoms with E-state index in [9.17, 15) is 0 Å². The Hall–Kier alpha value is -1.67. The summed E-state index contributed by atoms with van der Waals surface area (Å²) in [6, 6.07) is 13.3. The zero-order chi connectivity index (χ0) is 10.1. The smallest absolute Gasteiger partial charge is 0.0447 e. The lowest BCUT2D eigenvalue weighted by molar-refractivity contribution is 1.08. The largest absolute Gasteiger partial charge is 0.307 e. The fraction of sp³-hybridized carbons (Fsp3) is 0.154. The molecule has 1 atom stereocenters. The molecule has 2 nitrogen and oxygen atoms in total. The van der Waals surface area contributed by atoms with Crippen molar-refractivity contribution in [2.45, 2.75) is 6.04 Å². The Balaban J connectivity index is 1.93. The molecule has 15 heavy (non-hydrogen) atoms. The maximum absolute atomic E-state index is 4.12. The second-order valence-corrected chi connectivity index (χ2v) is 3.82. The Morgan fingerprint density at radius 1 is 1.07 bits per heavy atom. The molecule has 1 aliphatic heterocycles. The van der Waals surface area contributed by atoms with Crippen molar-refractivity contribution in [2.24, 2.45) is 0 Å². The monoisotopic (exact) mass is 196 g/mol. The molecule has 0 radical (unpaired) electrons. The molecule has 0 unspecified atom stereocenters.